The first-order chi connectivity index (χ1) is 6.07. The van der Waals surface area contributed by atoms with Crippen LogP contribution in [0.4, 0.5) is 0 Å². The van der Waals surface area contributed by atoms with Crippen molar-refractivity contribution in [1.29, 1.82) is 0 Å². The Labute approximate surface area is 79.8 Å². The van der Waals surface area contributed by atoms with Crippen LogP contribution >= 0.6 is 0 Å². The number of carboxylic acids is 2. The Bertz CT molecular complexity index is 181. The maximum Gasteiger partial charge on any atom is 0.307 e. The van der Waals surface area contributed by atoms with Crippen LogP contribution < -0.4 is 0 Å². The number of hydrogen-bond donors (Lipinski definition) is 2. The molecule has 2 N–H and O–H groups in total. The fraction of sp³-hybridized carbons (Fsp3) is 0.750. The molecular formula is C8H16O4Si. The number of aliphatic carboxylic acids is 2. The zero-order chi connectivity index (χ0) is 10.3. The topological polar surface area (TPSA) is 74.6 Å². The Morgan fingerprint density at radius 2 is 2.00 bits per heavy atom. The highest BCUT2D eigenvalue weighted by atomic mass is 28.2. The quantitative estimate of drug-likeness (QED) is 0.470. The number of carboxylic acid groups (broad SMARTS) is 2. The average Bonchev–Trinajstić information content (AvgIpc) is 2.02. The molecule has 0 aliphatic rings. The molecule has 0 heterocycles. The van der Waals surface area contributed by atoms with Crippen molar-refractivity contribution in [3.8, 4) is 0 Å². The molecule has 0 rings (SSSR count). The summed E-state index contributed by atoms with van der Waals surface area (Å²) in [7, 11) is -0.0209. The third-order valence-corrected chi connectivity index (χ3v) is 3.13. The van der Waals surface area contributed by atoms with Gasteiger partial charge in [-0.15, -0.1) is 0 Å². The van der Waals surface area contributed by atoms with Gasteiger partial charge in [-0.3, -0.25) is 9.59 Å². The molecule has 0 aliphatic carbocycles. The molecule has 1 unspecified atom stereocenters. The molecule has 0 spiro atoms. The summed E-state index contributed by atoms with van der Waals surface area (Å²) in [5.74, 6) is -2.71. The van der Waals surface area contributed by atoms with E-state index in [9.17, 15) is 9.59 Å². The summed E-state index contributed by atoms with van der Waals surface area (Å²) in [6, 6.07) is 1.10. The van der Waals surface area contributed by atoms with E-state index in [1.165, 1.54) is 0 Å². The van der Waals surface area contributed by atoms with Gasteiger partial charge in [0, 0.05) is 9.52 Å². The van der Waals surface area contributed by atoms with Gasteiger partial charge in [0.05, 0.1) is 12.3 Å². The van der Waals surface area contributed by atoms with Gasteiger partial charge < -0.3 is 10.2 Å². The molecule has 0 saturated carbocycles. The van der Waals surface area contributed by atoms with Crippen LogP contribution in [-0.2, 0) is 9.59 Å². The first-order valence-corrected chi connectivity index (χ1v) is 6.94. The number of hydrogen-bond acceptors (Lipinski definition) is 2. The predicted octanol–water partition coefficient (Wildman–Crippen LogP) is 0.577. The molecule has 0 aromatic rings. The van der Waals surface area contributed by atoms with E-state index in [2.05, 4.69) is 6.55 Å². The minimum Gasteiger partial charge on any atom is -0.481 e. The molecule has 0 saturated heterocycles. The van der Waals surface area contributed by atoms with Gasteiger partial charge in [0.2, 0.25) is 0 Å². The third kappa shape index (κ3) is 6.33. The van der Waals surface area contributed by atoms with Gasteiger partial charge in [-0.05, 0) is 6.42 Å². The van der Waals surface area contributed by atoms with E-state index in [1.54, 1.807) is 0 Å². The van der Waals surface area contributed by atoms with Crippen molar-refractivity contribution >= 4 is 21.5 Å². The first-order valence-electron chi connectivity index (χ1n) is 4.52. The van der Waals surface area contributed by atoms with E-state index in [0.29, 0.717) is 6.42 Å². The van der Waals surface area contributed by atoms with Gasteiger partial charge >= 0.3 is 11.9 Å². The fourth-order valence-electron chi connectivity index (χ4n) is 1.16. The molecule has 0 fully saturated rings. The zero-order valence-electron chi connectivity index (χ0n) is 7.82. The molecule has 0 radical (unpaired) electrons. The summed E-state index contributed by atoms with van der Waals surface area (Å²) >= 11 is 0. The lowest BCUT2D eigenvalue weighted by molar-refractivity contribution is -0.148. The summed E-state index contributed by atoms with van der Waals surface area (Å²) in [6.45, 7) is 2.16. The molecule has 4 nitrogen and oxygen atoms in total. The Kier molecular flexibility index (Phi) is 6.22. The van der Waals surface area contributed by atoms with Crippen molar-refractivity contribution < 1.29 is 19.8 Å². The van der Waals surface area contributed by atoms with Gasteiger partial charge in [-0.1, -0.05) is 19.0 Å². The van der Waals surface area contributed by atoms with Crippen LogP contribution in [-0.4, -0.2) is 31.7 Å². The minimum atomic E-state index is -1.03. The SMILES string of the molecule is C[SiH2]CCCC(CC(=O)O)C(=O)O. The van der Waals surface area contributed by atoms with Crippen molar-refractivity contribution in [1.82, 2.24) is 0 Å². The molecule has 0 amide bonds. The monoisotopic (exact) mass is 204 g/mol. The highest BCUT2D eigenvalue weighted by Crippen LogP contribution is 2.13. The van der Waals surface area contributed by atoms with Gasteiger partial charge in [-0.25, -0.2) is 0 Å². The summed E-state index contributed by atoms with van der Waals surface area (Å²) in [6.07, 6.45) is 1.11. The summed E-state index contributed by atoms with van der Waals surface area (Å²) in [5.41, 5.74) is 0. The molecule has 76 valence electrons. The zero-order valence-corrected chi connectivity index (χ0v) is 9.24. The Morgan fingerprint density at radius 3 is 2.38 bits per heavy atom. The van der Waals surface area contributed by atoms with Gasteiger partial charge in [0.15, 0.2) is 0 Å². The molecule has 0 bridgehead atoms. The van der Waals surface area contributed by atoms with Gasteiger partial charge in [-0.2, -0.15) is 0 Å². The number of carbonyl (C=O) groups is 2. The Balaban J connectivity index is 3.81. The second-order valence-corrected chi connectivity index (χ2v) is 4.84. The summed E-state index contributed by atoms with van der Waals surface area (Å²) in [4.78, 5) is 20.9. The van der Waals surface area contributed by atoms with Gasteiger partial charge in [0.25, 0.3) is 0 Å². The van der Waals surface area contributed by atoms with Crippen molar-refractivity contribution in [3.63, 3.8) is 0 Å². The van der Waals surface area contributed by atoms with Crippen LogP contribution in [0, 0.1) is 5.92 Å². The maximum absolute atomic E-state index is 10.6. The van der Waals surface area contributed by atoms with E-state index >= 15 is 0 Å². The van der Waals surface area contributed by atoms with Crippen LogP contribution in [0.25, 0.3) is 0 Å². The van der Waals surface area contributed by atoms with Crippen molar-refractivity contribution in [2.24, 2.45) is 5.92 Å². The molecule has 0 aromatic heterocycles. The Morgan fingerprint density at radius 1 is 1.38 bits per heavy atom. The summed E-state index contributed by atoms with van der Waals surface area (Å²) in [5, 5.41) is 17.1. The predicted molar refractivity (Wildman–Crippen MR) is 51.8 cm³/mol. The Hall–Kier alpha value is -0.843. The fourth-order valence-corrected chi connectivity index (χ4v) is 1.95. The van der Waals surface area contributed by atoms with Crippen molar-refractivity contribution in [2.75, 3.05) is 0 Å². The van der Waals surface area contributed by atoms with Crippen LogP contribution in [0.5, 0.6) is 0 Å². The standard InChI is InChI=1S/C8H16O4Si/c1-13-4-2-3-6(8(11)12)5-7(9)10/h6H,2-5,13H2,1H3,(H,9,10)(H,11,12). The highest BCUT2D eigenvalue weighted by Gasteiger charge is 2.19. The molecule has 0 aromatic carbocycles. The second kappa shape index (κ2) is 6.65. The maximum atomic E-state index is 10.6. The largest absolute Gasteiger partial charge is 0.481 e. The average molecular weight is 204 g/mol. The lowest BCUT2D eigenvalue weighted by atomic mass is 10.0. The molecule has 13 heavy (non-hydrogen) atoms. The van der Waals surface area contributed by atoms with Crippen molar-refractivity contribution in [3.05, 3.63) is 0 Å². The minimum absolute atomic E-state index is 0.0209. The third-order valence-electron chi connectivity index (χ3n) is 1.93. The van der Waals surface area contributed by atoms with Crippen molar-refractivity contribution in [2.45, 2.75) is 31.9 Å². The lowest BCUT2D eigenvalue weighted by Crippen LogP contribution is -2.17. The summed E-state index contributed by atoms with van der Waals surface area (Å²) < 4.78 is 0. The molecule has 0 aliphatic heterocycles. The normalized spacial score (nSPS) is 13.3. The van der Waals surface area contributed by atoms with E-state index in [0.717, 1.165) is 12.5 Å². The van der Waals surface area contributed by atoms with E-state index < -0.39 is 17.9 Å². The van der Waals surface area contributed by atoms with Crippen LogP contribution in [0.1, 0.15) is 19.3 Å². The molecular weight excluding hydrogens is 188 g/mol. The first kappa shape index (κ1) is 12.2. The van der Waals surface area contributed by atoms with Gasteiger partial charge in [0.1, 0.15) is 0 Å². The number of rotatable bonds is 7. The van der Waals surface area contributed by atoms with E-state index in [4.69, 9.17) is 10.2 Å². The van der Waals surface area contributed by atoms with E-state index in [1.807, 2.05) is 0 Å². The van der Waals surface area contributed by atoms with E-state index in [-0.39, 0.29) is 15.9 Å². The highest BCUT2D eigenvalue weighted by molar-refractivity contribution is 6.33. The van der Waals surface area contributed by atoms with Crippen LogP contribution in [0.3, 0.4) is 0 Å². The molecule has 5 heteroatoms. The van der Waals surface area contributed by atoms with Crippen LogP contribution in [0.2, 0.25) is 12.6 Å². The smallest absolute Gasteiger partial charge is 0.307 e. The van der Waals surface area contributed by atoms with Crippen LogP contribution in [0.15, 0.2) is 0 Å². The molecule has 1 atom stereocenters. The second-order valence-electron chi connectivity index (χ2n) is 3.13. The lowest BCUT2D eigenvalue weighted by Gasteiger charge is -2.08.